The van der Waals surface area contributed by atoms with Crippen LogP contribution in [0.15, 0.2) is 0 Å². The summed E-state index contributed by atoms with van der Waals surface area (Å²) in [5, 5.41) is 11.9. The standard InChI is InChI=1S/C15H27N3O4/c1-4-17(7-13(19)20)12-5-11(6-12)16-14(21)18-8-15(2,9-18)10-22-3/h11-12H,4-10H2,1-3H3,(H,16,21)(H,19,20). The van der Waals surface area contributed by atoms with Crippen LogP contribution in [0.5, 0.6) is 0 Å². The van der Waals surface area contributed by atoms with Crippen molar-refractivity contribution in [2.75, 3.05) is 39.9 Å². The Hall–Kier alpha value is -1.34. The van der Waals surface area contributed by atoms with Crippen LogP contribution in [0.3, 0.4) is 0 Å². The Balaban J connectivity index is 1.68. The van der Waals surface area contributed by atoms with Gasteiger partial charge >= 0.3 is 12.0 Å². The summed E-state index contributed by atoms with van der Waals surface area (Å²) in [6.07, 6.45) is 1.66. The Labute approximate surface area is 131 Å². The number of carbonyl (C=O) groups is 2. The number of amides is 2. The van der Waals surface area contributed by atoms with E-state index in [0.717, 1.165) is 32.5 Å². The molecular formula is C15H27N3O4. The summed E-state index contributed by atoms with van der Waals surface area (Å²) >= 11 is 0. The number of carbonyl (C=O) groups excluding carboxylic acids is 1. The monoisotopic (exact) mass is 313 g/mol. The van der Waals surface area contributed by atoms with Gasteiger partial charge in [0.2, 0.25) is 0 Å². The van der Waals surface area contributed by atoms with E-state index in [2.05, 4.69) is 12.2 Å². The number of aliphatic carboxylic acids is 1. The second kappa shape index (κ2) is 6.83. The van der Waals surface area contributed by atoms with Gasteiger partial charge in [-0.3, -0.25) is 9.69 Å². The molecule has 0 spiro atoms. The maximum absolute atomic E-state index is 12.1. The van der Waals surface area contributed by atoms with Gasteiger partial charge in [-0.05, 0) is 19.4 Å². The van der Waals surface area contributed by atoms with Gasteiger partial charge in [0.05, 0.1) is 13.2 Å². The second-order valence-electron chi connectivity index (χ2n) is 6.83. The van der Waals surface area contributed by atoms with Crippen LogP contribution in [-0.4, -0.2) is 78.9 Å². The van der Waals surface area contributed by atoms with Gasteiger partial charge in [0.1, 0.15) is 0 Å². The average Bonchev–Trinajstić information content (AvgIpc) is 2.37. The van der Waals surface area contributed by atoms with Crippen LogP contribution in [0.1, 0.15) is 26.7 Å². The molecule has 0 aromatic rings. The SMILES string of the molecule is CCN(CC(=O)O)C1CC(NC(=O)N2CC(C)(COC)C2)C1. The molecule has 2 aliphatic rings. The molecule has 2 amide bonds. The summed E-state index contributed by atoms with van der Waals surface area (Å²) in [5.74, 6) is -0.799. The summed E-state index contributed by atoms with van der Waals surface area (Å²) in [6.45, 7) is 6.99. The summed E-state index contributed by atoms with van der Waals surface area (Å²) in [5.41, 5.74) is 0.0781. The first-order chi connectivity index (χ1) is 10.4. The van der Waals surface area contributed by atoms with Crippen LogP contribution in [-0.2, 0) is 9.53 Å². The minimum absolute atomic E-state index is 0.0155. The van der Waals surface area contributed by atoms with E-state index in [1.165, 1.54) is 0 Å². The van der Waals surface area contributed by atoms with E-state index < -0.39 is 5.97 Å². The summed E-state index contributed by atoms with van der Waals surface area (Å²) in [4.78, 5) is 26.7. The first-order valence-corrected chi connectivity index (χ1v) is 7.87. The Morgan fingerprint density at radius 3 is 2.55 bits per heavy atom. The highest BCUT2D eigenvalue weighted by molar-refractivity contribution is 5.75. The zero-order valence-corrected chi connectivity index (χ0v) is 13.7. The van der Waals surface area contributed by atoms with E-state index >= 15 is 0 Å². The predicted octanol–water partition coefficient (Wildman–Crippen LogP) is 0.602. The lowest BCUT2D eigenvalue weighted by molar-refractivity contribution is -0.139. The van der Waals surface area contributed by atoms with Crippen LogP contribution in [0.25, 0.3) is 0 Å². The topological polar surface area (TPSA) is 82.1 Å². The van der Waals surface area contributed by atoms with E-state index in [0.29, 0.717) is 6.61 Å². The van der Waals surface area contributed by atoms with E-state index in [1.807, 2.05) is 11.8 Å². The van der Waals surface area contributed by atoms with Crippen molar-refractivity contribution in [3.8, 4) is 0 Å². The highest BCUT2D eigenvalue weighted by atomic mass is 16.5. The second-order valence-corrected chi connectivity index (χ2v) is 6.83. The molecule has 0 aromatic carbocycles. The number of ether oxygens (including phenoxy) is 1. The molecule has 2 N–H and O–H groups in total. The minimum Gasteiger partial charge on any atom is -0.480 e. The van der Waals surface area contributed by atoms with Crippen LogP contribution in [0, 0.1) is 5.41 Å². The molecule has 1 saturated carbocycles. The largest absolute Gasteiger partial charge is 0.480 e. The number of hydrogen-bond acceptors (Lipinski definition) is 4. The Morgan fingerprint density at radius 2 is 2.05 bits per heavy atom. The number of likely N-dealkylation sites (N-methyl/N-ethyl adjacent to an activating group) is 1. The number of nitrogens with one attached hydrogen (secondary N) is 1. The molecule has 1 aliphatic carbocycles. The van der Waals surface area contributed by atoms with Gasteiger partial charge in [-0.25, -0.2) is 4.79 Å². The number of nitrogens with zero attached hydrogens (tertiary/aromatic N) is 2. The zero-order valence-electron chi connectivity index (χ0n) is 13.7. The van der Waals surface area contributed by atoms with E-state index in [4.69, 9.17) is 9.84 Å². The first-order valence-electron chi connectivity index (χ1n) is 7.87. The van der Waals surface area contributed by atoms with Crippen LogP contribution < -0.4 is 5.32 Å². The molecule has 22 heavy (non-hydrogen) atoms. The number of urea groups is 1. The smallest absolute Gasteiger partial charge is 0.317 e. The van der Waals surface area contributed by atoms with E-state index in [1.54, 1.807) is 12.0 Å². The van der Waals surface area contributed by atoms with Gasteiger partial charge in [-0.1, -0.05) is 13.8 Å². The fourth-order valence-electron chi connectivity index (χ4n) is 3.40. The van der Waals surface area contributed by atoms with Crippen molar-refractivity contribution in [1.82, 2.24) is 15.1 Å². The van der Waals surface area contributed by atoms with Crippen molar-refractivity contribution in [2.24, 2.45) is 5.41 Å². The normalized spacial score (nSPS) is 26.3. The zero-order chi connectivity index (χ0) is 16.3. The molecular weight excluding hydrogens is 286 g/mol. The van der Waals surface area contributed by atoms with Crippen LogP contribution in [0.4, 0.5) is 4.79 Å². The van der Waals surface area contributed by atoms with Gasteiger partial charge in [0.25, 0.3) is 0 Å². The quantitative estimate of drug-likeness (QED) is 0.719. The van der Waals surface area contributed by atoms with Crippen molar-refractivity contribution in [2.45, 2.75) is 38.8 Å². The molecule has 1 aliphatic heterocycles. The first kappa shape index (κ1) is 17.0. The van der Waals surface area contributed by atoms with Gasteiger partial charge < -0.3 is 20.1 Å². The lowest BCUT2D eigenvalue weighted by Gasteiger charge is -2.49. The van der Waals surface area contributed by atoms with Gasteiger partial charge in [-0.15, -0.1) is 0 Å². The third-order valence-electron chi connectivity index (χ3n) is 4.63. The molecule has 0 aromatic heterocycles. The molecule has 0 atom stereocenters. The highest BCUT2D eigenvalue weighted by Gasteiger charge is 2.43. The number of likely N-dealkylation sites (tertiary alicyclic amines) is 1. The third kappa shape index (κ3) is 3.89. The van der Waals surface area contributed by atoms with Crippen LogP contribution >= 0.6 is 0 Å². The number of rotatable bonds is 7. The number of carboxylic acids is 1. The molecule has 2 fully saturated rings. The predicted molar refractivity (Wildman–Crippen MR) is 81.8 cm³/mol. The number of hydrogen-bond donors (Lipinski definition) is 2. The molecule has 0 radical (unpaired) electrons. The fourth-order valence-corrected chi connectivity index (χ4v) is 3.40. The summed E-state index contributed by atoms with van der Waals surface area (Å²) in [6, 6.07) is 0.412. The lowest BCUT2D eigenvalue weighted by atomic mass is 9.82. The lowest BCUT2D eigenvalue weighted by Crippen LogP contribution is -2.64. The van der Waals surface area contributed by atoms with Crippen molar-refractivity contribution >= 4 is 12.0 Å². The molecule has 7 heteroatoms. The van der Waals surface area contributed by atoms with Crippen molar-refractivity contribution in [3.05, 3.63) is 0 Å². The Kier molecular flexibility index (Phi) is 5.28. The van der Waals surface area contributed by atoms with Gasteiger partial charge in [0.15, 0.2) is 0 Å². The molecule has 7 nitrogen and oxygen atoms in total. The Morgan fingerprint density at radius 1 is 1.41 bits per heavy atom. The van der Waals surface area contributed by atoms with Crippen molar-refractivity contribution < 1.29 is 19.4 Å². The Bertz CT molecular complexity index is 417. The minimum atomic E-state index is -0.799. The summed E-state index contributed by atoms with van der Waals surface area (Å²) < 4.78 is 5.16. The molecule has 2 rings (SSSR count). The van der Waals surface area contributed by atoms with Crippen molar-refractivity contribution in [1.29, 1.82) is 0 Å². The average molecular weight is 313 g/mol. The number of carboxylic acid groups (broad SMARTS) is 1. The molecule has 126 valence electrons. The van der Waals surface area contributed by atoms with Crippen LogP contribution in [0.2, 0.25) is 0 Å². The van der Waals surface area contributed by atoms with Crippen molar-refractivity contribution in [3.63, 3.8) is 0 Å². The van der Waals surface area contributed by atoms with Gasteiger partial charge in [0, 0.05) is 37.7 Å². The molecule has 0 bridgehead atoms. The fraction of sp³-hybridized carbons (Fsp3) is 0.867. The molecule has 1 saturated heterocycles. The molecule has 1 heterocycles. The van der Waals surface area contributed by atoms with Gasteiger partial charge in [-0.2, -0.15) is 0 Å². The maximum atomic E-state index is 12.1. The maximum Gasteiger partial charge on any atom is 0.317 e. The third-order valence-corrected chi connectivity index (χ3v) is 4.63. The molecule has 0 unspecified atom stereocenters. The number of methoxy groups -OCH3 is 1. The highest BCUT2D eigenvalue weighted by Crippen LogP contribution is 2.31. The van der Waals surface area contributed by atoms with E-state index in [-0.39, 0.29) is 30.1 Å². The summed E-state index contributed by atoms with van der Waals surface area (Å²) in [7, 11) is 1.68. The van der Waals surface area contributed by atoms with E-state index in [9.17, 15) is 9.59 Å².